The van der Waals surface area contributed by atoms with E-state index in [9.17, 15) is 0 Å². The van der Waals surface area contributed by atoms with Gasteiger partial charge < -0.3 is 10.6 Å². The molecule has 2 heterocycles. The molecule has 1 saturated heterocycles. The highest BCUT2D eigenvalue weighted by Gasteiger charge is 2.20. The van der Waals surface area contributed by atoms with Crippen LogP contribution in [0.1, 0.15) is 25.3 Å². The summed E-state index contributed by atoms with van der Waals surface area (Å²) in [5, 5.41) is 0. The fourth-order valence-corrected chi connectivity index (χ4v) is 2.85. The molecule has 1 fully saturated rings. The van der Waals surface area contributed by atoms with Crippen molar-refractivity contribution in [3.8, 4) is 11.3 Å². The Balaban J connectivity index is 1.97. The van der Waals surface area contributed by atoms with Crippen LogP contribution in [0, 0.1) is 0 Å². The molecule has 4 heteroatoms. The third kappa shape index (κ3) is 3.05. The molecule has 110 valence electrons. The van der Waals surface area contributed by atoms with Crippen LogP contribution in [-0.4, -0.2) is 29.1 Å². The van der Waals surface area contributed by atoms with E-state index in [1.165, 1.54) is 5.56 Å². The van der Waals surface area contributed by atoms with Gasteiger partial charge in [-0.05, 0) is 24.8 Å². The van der Waals surface area contributed by atoms with E-state index in [4.69, 9.17) is 10.7 Å². The molecule has 21 heavy (non-hydrogen) atoms. The topological polar surface area (TPSA) is 55.0 Å². The molecule has 1 unspecified atom stereocenters. The first-order valence-corrected chi connectivity index (χ1v) is 7.69. The van der Waals surface area contributed by atoms with Gasteiger partial charge in [-0.15, -0.1) is 0 Å². The highest BCUT2D eigenvalue weighted by atomic mass is 15.3. The van der Waals surface area contributed by atoms with Crippen LogP contribution in [0.4, 0.5) is 5.95 Å². The number of hydrogen-bond donors (Lipinski definition) is 1. The van der Waals surface area contributed by atoms with Gasteiger partial charge in [-0.2, -0.15) is 0 Å². The molecule has 0 spiro atoms. The normalized spacial score (nSPS) is 18.8. The highest BCUT2D eigenvalue weighted by Crippen LogP contribution is 2.24. The van der Waals surface area contributed by atoms with E-state index in [-0.39, 0.29) is 6.04 Å². The van der Waals surface area contributed by atoms with Crippen molar-refractivity contribution in [3.05, 3.63) is 42.1 Å². The number of benzene rings is 1. The summed E-state index contributed by atoms with van der Waals surface area (Å²) in [7, 11) is 0. The minimum absolute atomic E-state index is 0.230. The average molecular weight is 282 g/mol. The fraction of sp³-hybridized carbons (Fsp3) is 0.412. The van der Waals surface area contributed by atoms with Gasteiger partial charge >= 0.3 is 0 Å². The van der Waals surface area contributed by atoms with Crippen LogP contribution >= 0.6 is 0 Å². The van der Waals surface area contributed by atoms with Crippen LogP contribution in [0.3, 0.4) is 0 Å². The number of nitrogens with zero attached hydrogens (tertiary/aromatic N) is 3. The number of rotatable bonds is 3. The largest absolute Gasteiger partial charge is 0.339 e. The summed E-state index contributed by atoms with van der Waals surface area (Å²) in [5.41, 5.74) is 9.45. The molecule has 1 aromatic heterocycles. The Hall–Kier alpha value is -1.94. The van der Waals surface area contributed by atoms with Crippen molar-refractivity contribution in [2.24, 2.45) is 5.73 Å². The molecule has 1 aliphatic rings. The summed E-state index contributed by atoms with van der Waals surface area (Å²) in [6.07, 6.45) is 5.10. The van der Waals surface area contributed by atoms with Gasteiger partial charge in [-0.3, -0.25) is 0 Å². The SMILES string of the molecule is CCc1cnc(N2CCCC(N)C2)nc1-c1ccccc1. The first-order valence-electron chi connectivity index (χ1n) is 7.69. The summed E-state index contributed by atoms with van der Waals surface area (Å²) in [4.78, 5) is 11.6. The van der Waals surface area contributed by atoms with Crippen LogP contribution in [0.5, 0.6) is 0 Å². The van der Waals surface area contributed by atoms with Gasteiger partial charge in [0.2, 0.25) is 5.95 Å². The minimum Gasteiger partial charge on any atom is -0.339 e. The quantitative estimate of drug-likeness (QED) is 0.940. The molecule has 0 radical (unpaired) electrons. The Morgan fingerprint density at radius 3 is 2.81 bits per heavy atom. The van der Waals surface area contributed by atoms with Crippen molar-refractivity contribution >= 4 is 5.95 Å². The summed E-state index contributed by atoms with van der Waals surface area (Å²) in [6, 6.07) is 10.6. The average Bonchev–Trinajstić information content (AvgIpc) is 2.55. The second kappa shape index (κ2) is 6.22. The zero-order valence-electron chi connectivity index (χ0n) is 12.5. The molecule has 1 aromatic carbocycles. The van der Waals surface area contributed by atoms with E-state index in [1.807, 2.05) is 24.4 Å². The first-order chi connectivity index (χ1) is 10.3. The number of nitrogens with two attached hydrogens (primary N) is 1. The van der Waals surface area contributed by atoms with Gasteiger partial charge in [0, 0.05) is 30.9 Å². The summed E-state index contributed by atoms with van der Waals surface area (Å²) < 4.78 is 0. The Labute approximate surface area is 126 Å². The standard InChI is InChI=1S/C17H22N4/c1-2-13-11-19-17(21-10-6-9-15(18)12-21)20-16(13)14-7-4-3-5-8-14/h3-5,7-8,11,15H,2,6,9-10,12,18H2,1H3. The van der Waals surface area contributed by atoms with Crippen molar-refractivity contribution < 1.29 is 0 Å². The van der Waals surface area contributed by atoms with Gasteiger partial charge in [0.25, 0.3) is 0 Å². The predicted octanol–water partition coefficient (Wildman–Crippen LogP) is 2.63. The fourth-order valence-electron chi connectivity index (χ4n) is 2.85. The summed E-state index contributed by atoms with van der Waals surface area (Å²) in [5.74, 6) is 0.807. The Bertz CT molecular complexity index is 597. The molecule has 1 atom stereocenters. The molecule has 3 rings (SSSR count). The van der Waals surface area contributed by atoms with Gasteiger partial charge in [0.05, 0.1) is 5.69 Å². The number of aryl methyl sites for hydroxylation is 1. The first kappa shape index (κ1) is 14.0. The maximum Gasteiger partial charge on any atom is 0.225 e. The van der Waals surface area contributed by atoms with Gasteiger partial charge in [0.15, 0.2) is 0 Å². The zero-order chi connectivity index (χ0) is 14.7. The molecule has 0 amide bonds. The van der Waals surface area contributed by atoms with Crippen LogP contribution in [-0.2, 0) is 6.42 Å². The van der Waals surface area contributed by atoms with Crippen LogP contribution in [0.15, 0.2) is 36.5 Å². The van der Waals surface area contributed by atoms with E-state index >= 15 is 0 Å². The molecular formula is C17H22N4. The third-order valence-electron chi connectivity index (χ3n) is 4.02. The lowest BCUT2D eigenvalue weighted by Crippen LogP contribution is -2.43. The van der Waals surface area contributed by atoms with E-state index in [1.54, 1.807) is 0 Å². The summed E-state index contributed by atoms with van der Waals surface area (Å²) >= 11 is 0. The molecule has 2 N–H and O–H groups in total. The Morgan fingerprint density at radius 1 is 1.29 bits per heavy atom. The predicted molar refractivity (Wildman–Crippen MR) is 86.3 cm³/mol. The van der Waals surface area contributed by atoms with Gasteiger partial charge in [-0.1, -0.05) is 37.3 Å². The zero-order valence-corrected chi connectivity index (χ0v) is 12.5. The number of anilines is 1. The van der Waals surface area contributed by atoms with Crippen LogP contribution < -0.4 is 10.6 Å². The van der Waals surface area contributed by atoms with Crippen molar-refractivity contribution in [1.82, 2.24) is 9.97 Å². The monoisotopic (exact) mass is 282 g/mol. The molecular weight excluding hydrogens is 260 g/mol. The molecule has 0 aliphatic carbocycles. The smallest absolute Gasteiger partial charge is 0.225 e. The van der Waals surface area contributed by atoms with Gasteiger partial charge in [-0.25, -0.2) is 9.97 Å². The minimum atomic E-state index is 0.230. The van der Waals surface area contributed by atoms with Crippen LogP contribution in [0.25, 0.3) is 11.3 Å². The van der Waals surface area contributed by atoms with Crippen molar-refractivity contribution in [1.29, 1.82) is 0 Å². The second-order valence-electron chi connectivity index (χ2n) is 5.61. The van der Waals surface area contributed by atoms with E-state index < -0.39 is 0 Å². The van der Waals surface area contributed by atoms with Crippen molar-refractivity contribution in [2.75, 3.05) is 18.0 Å². The van der Waals surface area contributed by atoms with Gasteiger partial charge in [0.1, 0.15) is 0 Å². The molecule has 2 aromatic rings. The maximum atomic E-state index is 6.07. The number of piperidine rings is 1. The lowest BCUT2D eigenvalue weighted by molar-refractivity contribution is 0.500. The van der Waals surface area contributed by atoms with E-state index in [2.05, 4.69) is 28.9 Å². The van der Waals surface area contributed by atoms with Crippen molar-refractivity contribution in [3.63, 3.8) is 0 Å². The number of hydrogen-bond acceptors (Lipinski definition) is 4. The second-order valence-corrected chi connectivity index (χ2v) is 5.61. The lowest BCUT2D eigenvalue weighted by atomic mass is 10.1. The third-order valence-corrected chi connectivity index (χ3v) is 4.02. The van der Waals surface area contributed by atoms with Crippen molar-refractivity contribution in [2.45, 2.75) is 32.2 Å². The highest BCUT2D eigenvalue weighted by molar-refractivity contribution is 5.64. The Kier molecular flexibility index (Phi) is 4.15. The van der Waals surface area contributed by atoms with E-state index in [0.717, 1.165) is 49.6 Å². The molecule has 0 saturated carbocycles. The lowest BCUT2D eigenvalue weighted by Gasteiger charge is -2.31. The molecule has 0 bridgehead atoms. The Morgan fingerprint density at radius 2 is 2.10 bits per heavy atom. The molecule has 1 aliphatic heterocycles. The van der Waals surface area contributed by atoms with Crippen LogP contribution in [0.2, 0.25) is 0 Å². The number of aromatic nitrogens is 2. The molecule has 4 nitrogen and oxygen atoms in total. The van der Waals surface area contributed by atoms with E-state index in [0.29, 0.717) is 0 Å². The maximum absolute atomic E-state index is 6.07. The summed E-state index contributed by atoms with van der Waals surface area (Å²) in [6.45, 7) is 3.98.